The van der Waals surface area contributed by atoms with Crippen molar-refractivity contribution < 1.29 is 19.1 Å². The van der Waals surface area contributed by atoms with Crippen molar-refractivity contribution in [2.24, 2.45) is 5.92 Å². The van der Waals surface area contributed by atoms with E-state index in [0.717, 1.165) is 5.56 Å². The minimum Gasteiger partial charge on any atom is -0.497 e. The summed E-state index contributed by atoms with van der Waals surface area (Å²) in [6.45, 7) is 1.81. The molecule has 2 aromatic carbocycles. The van der Waals surface area contributed by atoms with Crippen LogP contribution in [0.5, 0.6) is 11.5 Å². The SMILES string of the molecule is COc1cc(C(=O)Cl)c2c(c1)C(=O)C(C)C(c1ccccc1)O2. The summed E-state index contributed by atoms with van der Waals surface area (Å²) in [4.78, 5) is 24.5. The Bertz CT molecular complexity index is 770. The third kappa shape index (κ3) is 2.70. The van der Waals surface area contributed by atoms with Gasteiger partial charge in [0.05, 0.1) is 24.2 Å². The van der Waals surface area contributed by atoms with Crippen LogP contribution in [-0.4, -0.2) is 18.1 Å². The van der Waals surface area contributed by atoms with Crippen LogP contribution >= 0.6 is 11.6 Å². The van der Waals surface area contributed by atoms with Crippen molar-refractivity contribution in [3.05, 3.63) is 59.2 Å². The van der Waals surface area contributed by atoms with Crippen molar-refractivity contribution in [3.63, 3.8) is 0 Å². The summed E-state index contributed by atoms with van der Waals surface area (Å²) in [6, 6.07) is 12.5. The van der Waals surface area contributed by atoms with Gasteiger partial charge in [0.25, 0.3) is 5.24 Å². The first-order valence-corrected chi connectivity index (χ1v) is 7.58. The molecule has 0 aliphatic carbocycles. The van der Waals surface area contributed by atoms with Crippen molar-refractivity contribution in [2.75, 3.05) is 7.11 Å². The van der Waals surface area contributed by atoms with E-state index in [9.17, 15) is 9.59 Å². The summed E-state index contributed by atoms with van der Waals surface area (Å²) >= 11 is 5.66. The van der Waals surface area contributed by atoms with E-state index in [1.54, 1.807) is 6.07 Å². The Morgan fingerprint density at radius 1 is 1.22 bits per heavy atom. The van der Waals surface area contributed by atoms with E-state index in [0.29, 0.717) is 11.3 Å². The van der Waals surface area contributed by atoms with E-state index in [4.69, 9.17) is 21.1 Å². The summed E-state index contributed by atoms with van der Waals surface area (Å²) in [5.41, 5.74) is 1.35. The molecule has 0 N–H and O–H groups in total. The molecular weight excluding hydrogens is 316 g/mol. The number of rotatable bonds is 3. The monoisotopic (exact) mass is 330 g/mol. The molecule has 0 spiro atoms. The fourth-order valence-corrected chi connectivity index (χ4v) is 2.93. The average Bonchev–Trinajstić information content (AvgIpc) is 2.57. The number of hydrogen-bond acceptors (Lipinski definition) is 4. The summed E-state index contributed by atoms with van der Waals surface area (Å²) in [6.07, 6.45) is -0.459. The summed E-state index contributed by atoms with van der Waals surface area (Å²) in [5.74, 6) is 0.145. The molecule has 0 bridgehead atoms. The molecule has 0 aromatic heterocycles. The molecule has 2 aromatic rings. The molecule has 5 heteroatoms. The van der Waals surface area contributed by atoms with Gasteiger partial charge < -0.3 is 9.47 Å². The van der Waals surface area contributed by atoms with Gasteiger partial charge in [0.15, 0.2) is 5.78 Å². The van der Waals surface area contributed by atoms with Crippen LogP contribution in [0.3, 0.4) is 0 Å². The average molecular weight is 331 g/mol. The molecule has 1 aliphatic heterocycles. The number of halogens is 1. The second-order valence-corrected chi connectivity index (χ2v) is 5.77. The van der Waals surface area contributed by atoms with Gasteiger partial charge in [0.1, 0.15) is 17.6 Å². The Morgan fingerprint density at radius 3 is 2.52 bits per heavy atom. The van der Waals surface area contributed by atoms with Crippen LogP contribution in [0.4, 0.5) is 0 Å². The number of ketones is 1. The van der Waals surface area contributed by atoms with Crippen molar-refractivity contribution in [1.82, 2.24) is 0 Å². The van der Waals surface area contributed by atoms with Crippen LogP contribution < -0.4 is 9.47 Å². The van der Waals surface area contributed by atoms with Gasteiger partial charge in [0, 0.05) is 0 Å². The van der Waals surface area contributed by atoms with Gasteiger partial charge in [0.2, 0.25) is 0 Å². The lowest BCUT2D eigenvalue weighted by atomic mass is 9.86. The van der Waals surface area contributed by atoms with Gasteiger partial charge in [-0.3, -0.25) is 9.59 Å². The summed E-state index contributed by atoms with van der Waals surface area (Å²) < 4.78 is 11.2. The van der Waals surface area contributed by atoms with Crippen molar-refractivity contribution >= 4 is 22.6 Å². The molecule has 2 unspecified atom stereocenters. The van der Waals surface area contributed by atoms with Gasteiger partial charge in [-0.05, 0) is 29.3 Å². The molecule has 0 amide bonds. The number of Topliss-reactive ketones (excluding diaryl/α,β-unsaturated/α-hetero) is 1. The standard InChI is InChI=1S/C18H15ClO4/c1-10-15(20)13-8-12(22-2)9-14(18(19)21)17(13)23-16(10)11-6-4-3-5-7-11/h3-10,16H,1-2H3. The quantitative estimate of drug-likeness (QED) is 0.797. The largest absolute Gasteiger partial charge is 0.497 e. The van der Waals surface area contributed by atoms with E-state index in [2.05, 4.69) is 0 Å². The van der Waals surface area contributed by atoms with E-state index in [1.807, 2.05) is 37.3 Å². The molecule has 2 atom stereocenters. The summed E-state index contributed by atoms with van der Waals surface area (Å²) in [7, 11) is 1.47. The van der Waals surface area contributed by atoms with Crippen LogP contribution in [-0.2, 0) is 0 Å². The molecule has 4 nitrogen and oxygen atoms in total. The minimum absolute atomic E-state index is 0.0989. The zero-order chi connectivity index (χ0) is 16.6. The van der Waals surface area contributed by atoms with Gasteiger partial charge in [-0.2, -0.15) is 0 Å². The fourth-order valence-electron chi connectivity index (χ4n) is 2.79. The van der Waals surface area contributed by atoms with E-state index in [1.165, 1.54) is 13.2 Å². The van der Waals surface area contributed by atoms with Gasteiger partial charge in [-0.25, -0.2) is 0 Å². The lowest BCUT2D eigenvalue weighted by Gasteiger charge is -2.32. The maximum Gasteiger partial charge on any atom is 0.256 e. The first-order chi connectivity index (χ1) is 11.0. The predicted octanol–water partition coefficient (Wildman–Crippen LogP) is 4.03. The van der Waals surface area contributed by atoms with E-state index in [-0.39, 0.29) is 23.0 Å². The number of ether oxygens (including phenoxy) is 2. The van der Waals surface area contributed by atoms with E-state index < -0.39 is 11.3 Å². The second kappa shape index (κ2) is 6.05. The predicted molar refractivity (Wildman–Crippen MR) is 86.5 cm³/mol. The number of carbonyl (C=O) groups is 2. The maximum absolute atomic E-state index is 12.8. The highest BCUT2D eigenvalue weighted by Gasteiger charge is 2.37. The number of hydrogen-bond donors (Lipinski definition) is 0. The molecule has 0 saturated heterocycles. The minimum atomic E-state index is -0.686. The normalized spacial score (nSPS) is 19.7. The molecule has 0 saturated carbocycles. The molecule has 0 radical (unpaired) electrons. The Morgan fingerprint density at radius 2 is 1.91 bits per heavy atom. The lowest BCUT2D eigenvalue weighted by molar-refractivity contribution is 0.0686. The smallest absolute Gasteiger partial charge is 0.256 e. The van der Waals surface area contributed by atoms with Crippen LogP contribution in [0.25, 0.3) is 0 Å². The van der Waals surface area contributed by atoms with Crippen molar-refractivity contribution in [1.29, 1.82) is 0 Å². The third-order valence-corrected chi connectivity index (χ3v) is 4.22. The Hall–Kier alpha value is -2.33. The Kier molecular flexibility index (Phi) is 4.09. The van der Waals surface area contributed by atoms with Crippen molar-refractivity contribution in [3.8, 4) is 11.5 Å². The number of carbonyl (C=O) groups excluding carboxylic acids is 2. The van der Waals surface area contributed by atoms with Gasteiger partial charge >= 0.3 is 0 Å². The number of benzene rings is 2. The highest BCUT2D eigenvalue weighted by Crippen LogP contribution is 2.42. The molecule has 1 heterocycles. The van der Waals surface area contributed by atoms with Crippen molar-refractivity contribution in [2.45, 2.75) is 13.0 Å². The molecule has 118 valence electrons. The third-order valence-electron chi connectivity index (χ3n) is 4.02. The van der Waals surface area contributed by atoms with E-state index >= 15 is 0 Å². The van der Waals surface area contributed by atoms with Crippen LogP contribution in [0.15, 0.2) is 42.5 Å². The highest BCUT2D eigenvalue weighted by molar-refractivity contribution is 6.68. The lowest BCUT2D eigenvalue weighted by Crippen LogP contribution is -2.30. The van der Waals surface area contributed by atoms with Gasteiger partial charge in [-0.15, -0.1) is 0 Å². The first kappa shape index (κ1) is 15.6. The maximum atomic E-state index is 12.8. The van der Waals surface area contributed by atoms with Gasteiger partial charge in [-0.1, -0.05) is 37.3 Å². The zero-order valence-corrected chi connectivity index (χ0v) is 13.5. The summed E-state index contributed by atoms with van der Waals surface area (Å²) in [5, 5.41) is -0.686. The molecule has 0 fully saturated rings. The molecule has 23 heavy (non-hydrogen) atoms. The van der Waals surface area contributed by atoms with Crippen LogP contribution in [0.2, 0.25) is 0 Å². The second-order valence-electron chi connectivity index (χ2n) is 5.43. The number of fused-ring (bicyclic) bond motifs is 1. The fraction of sp³-hybridized carbons (Fsp3) is 0.222. The highest BCUT2D eigenvalue weighted by atomic mass is 35.5. The molecule has 1 aliphatic rings. The molecule has 3 rings (SSSR count). The molecular formula is C18H15ClO4. The Balaban J connectivity index is 2.15. The van der Waals surface area contributed by atoms with Crippen LogP contribution in [0.1, 0.15) is 39.3 Å². The Labute approximate surface area is 139 Å². The zero-order valence-electron chi connectivity index (χ0n) is 12.7. The number of methoxy groups -OCH3 is 1. The van der Waals surface area contributed by atoms with Crippen LogP contribution in [0, 0.1) is 5.92 Å². The first-order valence-electron chi connectivity index (χ1n) is 7.20. The topological polar surface area (TPSA) is 52.6 Å².